The topological polar surface area (TPSA) is 96.7 Å². The number of ether oxygens (including phenoxy) is 1. The monoisotopic (exact) mass is 664 g/mol. The van der Waals surface area contributed by atoms with Crippen LogP contribution in [0.4, 0.5) is 16.2 Å². The van der Waals surface area contributed by atoms with Gasteiger partial charge in [-0.15, -0.1) is 0 Å². The first-order valence-corrected chi connectivity index (χ1v) is 17.1. The lowest BCUT2D eigenvalue weighted by atomic mass is 10.0. The second-order valence-corrected chi connectivity index (χ2v) is 13.5. The van der Waals surface area contributed by atoms with Crippen LogP contribution in [0.15, 0.2) is 109 Å². The highest BCUT2D eigenvalue weighted by Crippen LogP contribution is 2.19. The van der Waals surface area contributed by atoms with Crippen molar-refractivity contribution >= 4 is 23.8 Å². The smallest absolute Gasteiger partial charge is 0.410 e. The standard InChI is InChI=1S/C18H22N2.C13H13N.C10H17NO3.CH4/c1-2-5-15(6-3-1)13-16-8-10-17(11-9-16)20-14-18-7-4-12-19-18;14-13-8-6-12(7-9-13)10-11-4-2-1-3-5-11;1-10(2,3)14-9(13)11-6-4-5-8(11)7-12;/h1-3,5-6,8-11,18-20H,4,7,12-14H2;1-9H,10,14H2;7-8H,4-6H2,1-3H3;1H4. The predicted molar refractivity (Wildman–Crippen MR) is 204 cm³/mol. The number of rotatable bonds is 8. The van der Waals surface area contributed by atoms with Gasteiger partial charge in [-0.05, 0) is 112 Å². The summed E-state index contributed by atoms with van der Waals surface area (Å²) >= 11 is 0. The minimum absolute atomic E-state index is 0. The van der Waals surface area contributed by atoms with Gasteiger partial charge in [0.15, 0.2) is 0 Å². The van der Waals surface area contributed by atoms with Crippen molar-refractivity contribution in [3.05, 3.63) is 131 Å². The third kappa shape index (κ3) is 14.2. The maximum atomic E-state index is 11.6. The van der Waals surface area contributed by atoms with Gasteiger partial charge in [0.1, 0.15) is 11.9 Å². The van der Waals surface area contributed by atoms with Gasteiger partial charge in [0.2, 0.25) is 0 Å². The molecule has 6 rings (SSSR count). The number of hydrogen-bond acceptors (Lipinski definition) is 6. The second kappa shape index (κ2) is 20.0. The van der Waals surface area contributed by atoms with E-state index < -0.39 is 5.60 Å². The Bertz CT molecular complexity index is 1500. The second-order valence-electron chi connectivity index (χ2n) is 13.5. The van der Waals surface area contributed by atoms with E-state index in [1.807, 2.05) is 39.0 Å². The molecular weight excluding hydrogens is 608 g/mol. The number of amides is 1. The third-order valence-corrected chi connectivity index (χ3v) is 8.24. The minimum atomic E-state index is -0.493. The molecule has 0 aromatic heterocycles. The van der Waals surface area contributed by atoms with Gasteiger partial charge >= 0.3 is 6.09 Å². The molecule has 4 aromatic carbocycles. The Morgan fingerprint density at radius 2 is 1.35 bits per heavy atom. The van der Waals surface area contributed by atoms with E-state index in [0.29, 0.717) is 12.6 Å². The number of nitrogens with one attached hydrogen (secondary N) is 2. The maximum Gasteiger partial charge on any atom is 0.410 e. The number of benzene rings is 4. The highest BCUT2D eigenvalue weighted by atomic mass is 16.6. The Labute approximate surface area is 294 Å². The van der Waals surface area contributed by atoms with Crippen molar-refractivity contribution in [1.82, 2.24) is 10.2 Å². The molecule has 4 N–H and O–H groups in total. The van der Waals surface area contributed by atoms with E-state index in [-0.39, 0.29) is 19.6 Å². The van der Waals surface area contributed by atoms with Gasteiger partial charge in [-0.1, -0.05) is 92.4 Å². The number of nitrogen functional groups attached to an aromatic ring is 1. The molecule has 7 nitrogen and oxygen atoms in total. The van der Waals surface area contributed by atoms with Crippen LogP contribution in [0.5, 0.6) is 0 Å². The lowest BCUT2D eigenvalue weighted by molar-refractivity contribution is -0.111. The summed E-state index contributed by atoms with van der Waals surface area (Å²) in [6.45, 7) is 8.27. The molecule has 0 aliphatic carbocycles. The van der Waals surface area contributed by atoms with Gasteiger partial charge in [0.05, 0.1) is 6.04 Å². The highest BCUT2D eigenvalue weighted by Gasteiger charge is 2.31. The van der Waals surface area contributed by atoms with Gasteiger partial charge in [-0.3, -0.25) is 4.90 Å². The van der Waals surface area contributed by atoms with Crippen LogP contribution in [0.1, 0.15) is 76.1 Å². The first kappa shape index (κ1) is 38.8. The number of anilines is 2. The largest absolute Gasteiger partial charge is 0.444 e. The van der Waals surface area contributed by atoms with Crippen molar-refractivity contribution < 1.29 is 14.3 Å². The van der Waals surface area contributed by atoms with Crippen LogP contribution in [0.25, 0.3) is 0 Å². The zero-order valence-corrected chi connectivity index (χ0v) is 28.7. The van der Waals surface area contributed by atoms with Crippen LogP contribution in [0.3, 0.4) is 0 Å². The number of nitrogens with two attached hydrogens (primary N) is 1. The first-order chi connectivity index (χ1) is 23.2. The molecule has 2 aliphatic heterocycles. The molecule has 2 heterocycles. The summed E-state index contributed by atoms with van der Waals surface area (Å²) < 4.78 is 5.18. The lowest BCUT2D eigenvalue weighted by Crippen LogP contribution is -2.40. The Morgan fingerprint density at radius 1 is 0.816 bits per heavy atom. The first-order valence-electron chi connectivity index (χ1n) is 17.1. The van der Waals surface area contributed by atoms with Gasteiger partial charge in [-0.25, -0.2) is 4.79 Å². The molecule has 262 valence electrons. The molecule has 2 unspecified atom stereocenters. The Balaban J connectivity index is 0.000000202. The van der Waals surface area contributed by atoms with Gasteiger partial charge < -0.3 is 25.9 Å². The van der Waals surface area contributed by atoms with Crippen LogP contribution >= 0.6 is 0 Å². The Hall–Kier alpha value is -4.62. The summed E-state index contributed by atoms with van der Waals surface area (Å²) in [7, 11) is 0. The van der Waals surface area contributed by atoms with Crippen molar-refractivity contribution in [1.29, 1.82) is 0 Å². The molecule has 0 spiro atoms. The summed E-state index contributed by atoms with van der Waals surface area (Å²) in [6, 6.07) is 38.2. The summed E-state index contributed by atoms with van der Waals surface area (Å²) in [6.07, 6.45) is 6.64. The number of nitrogens with zero attached hydrogens (tertiary/aromatic N) is 1. The molecule has 7 heteroatoms. The molecule has 2 saturated heterocycles. The third-order valence-electron chi connectivity index (χ3n) is 8.24. The predicted octanol–water partition coefficient (Wildman–Crippen LogP) is 8.52. The Kier molecular flexibility index (Phi) is 15.9. The SMILES string of the molecule is C.CC(C)(C)OC(=O)N1CCCC1C=O.Nc1ccc(Cc2ccccc2)cc1.c1ccc(Cc2ccc(NCC3CCCN3)cc2)cc1. The fourth-order valence-electron chi connectivity index (χ4n) is 5.69. The van der Waals surface area contributed by atoms with E-state index in [0.717, 1.165) is 44.2 Å². The quantitative estimate of drug-likeness (QED) is 0.129. The van der Waals surface area contributed by atoms with Gasteiger partial charge in [0.25, 0.3) is 0 Å². The fourth-order valence-corrected chi connectivity index (χ4v) is 5.69. The number of carbonyl (C=O) groups excluding carboxylic acids is 2. The fraction of sp³-hybridized carbons (Fsp3) is 0.381. The van der Waals surface area contributed by atoms with E-state index in [4.69, 9.17) is 10.5 Å². The van der Waals surface area contributed by atoms with Crippen molar-refractivity contribution in [2.24, 2.45) is 0 Å². The molecule has 2 aliphatic rings. The number of likely N-dealkylation sites (tertiary alicyclic amines) is 1. The zero-order valence-electron chi connectivity index (χ0n) is 28.7. The normalized spacial score (nSPS) is 16.6. The van der Waals surface area contributed by atoms with Crippen molar-refractivity contribution in [3.8, 4) is 0 Å². The molecular formula is C42H56N4O3. The van der Waals surface area contributed by atoms with Crippen LogP contribution in [0, 0.1) is 0 Å². The highest BCUT2D eigenvalue weighted by molar-refractivity contribution is 5.74. The Morgan fingerprint density at radius 3 is 1.84 bits per heavy atom. The van der Waals surface area contributed by atoms with Gasteiger partial charge in [0, 0.05) is 30.5 Å². The summed E-state index contributed by atoms with van der Waals surface area (Å²) in [5.41, 5.74) is 12.5. The minimum Gasteiger partial charge on any atom is -0.444 e. The van der Waals surface area contributed by atoms with Crippen LogP contribution < -0.4 is 16.4 Å². The van der Waals surface area contributed by atoms with Crippen LogP contribution in [0.2, 0.25) is 0 Å². The number of hydrogen-bond donors (Lipinski definition) is 3. The summed E-state index contributed by atoms with van der Waals surface area (Å²) in [5, 5.41) is 7.02. The van der Waals surface area contributed by atoms with Crippen molar-refractivity contribution in [2.45, 2.75) is 84.4 Å². The van der Waals surface area contributed by atoms with Crippen LogP contribution in [-0.2, 0) is 22.4 Å². The van der Waals surface area contributed by atoms with E-state index in [9.17, 15) is 9.59 Å². The number of aldehydes is 1. The van der Waals surface area contributed by atoms with Crippen molar-refractivity contribution in [2.75, 3.05) is 30.7 Å². The molecule has 49 heavy (non-hydrogen) atoms. The van der Waals surface area contributed by atoms with Crippen molar-refractivity contribution in [3.63, 3.8) is 0 Å². The lowest BCUT2D eigenvalue weighted by Gasteiger charge is -2.26. The average Bonchev–Trinajstić information content (AvgIpc) is 3.79. The molecule has 0 radical (unpaired) electrons. The zero-order chi connectivity index (χ0) is 34.2. The van der Waals surface area contributed by atoms with E-state index in [1.165, 1.54) is 52.2 Å². The molecule has 4 aromatic rings. The maximum absolute atomic E-state index is 11.6. The average molecular weight is 665 g/mol. The molecule has 2 fully saturated rings. The summed E-state index contributed by atoms with van der Waals surface area (Å²) in [5.74, 6) is 0. The van der Waals surface area contributed by atoms with E-state index >= 15 is 0 Å². The summed E-state index contributed by atoms with van der Waals surface area (Å²) in [4.78, 5) is 23.7. The molecule has 2 atom stereocenters. The molecule has 1 amide bonds. The number of carbonyl (C=O) groups is 2. The van der Waals surface area contributed by atoms with E-state index in [2.05, 4.69) is 102 Å². The van der Waals surface area contributed by atoms with Crippen LogP contribution in [-0.4, -0.2) is 54.6 Å². The van der Waals surface area contributed by atoms with Gasteiger partial charge in [-0.2, -0.15) is 0 Å². The molecule has 0 saturated carbocycles. The molecule has 0 bridgehead atoms. The van der Waals surface area contributed by atoms with E-state index in [1.54, 1.807) is 0 Å².